The van der Waals surface area contributed by atoms with Crippen molar-refractivity contribution in [2.24, 2.45) is 0 Å². The molecule has 1 N–H and O–H groups in total. The fraction of sp³-hybridized carbons (Fsp3) is 0.400. The quantitative estimate of drug-likeness (QED) is 0.909. The topological polar surface area (TPSA) is 33.1 Å². The summed E-state index contributed by atoms with van der Waals surface area (Å²) in [6, 6.07) is 8.35. The number of hydrogen-bond acceptors (Lipinski definition) is 3. The first kappa shape index (κ1) is 11.9. The molecule has 1 aliphatic carbocycles. The number of aliphatic hydroxyl groups is 1. The van der Waals surface area contributed by atoms with Crippen LogP contribution in [0.25, 0.3) is 0 Å². The number of aryl methyl sites for hydroxylation is 1. The zero-order valence-electron chi connectivity index (χ0n) is 10.5. The molecule has 1 atom stereocenters. The standard InChI is InChI=1S/C15H17NOS/c1-10-16-14(9-18-10)15(17)13-7-3-6-12(8-13)11-4-2-5-11/h3,6-9,11,15,17H,2,4-5H2,1H3. The van der Waals surface area contributed by atoms with Crippen molar-refractivity contribution in [2.45, 2.75) is 38.2 Å². The van der Waals surface area contributed by atoms with Crippen LogP contribution in [0.3, 0.4) is 0 Å². The predicted molar refractivity (Wildman–Crippen MR) is 73.9 cm³/mol. The zero-order chi connectivity index (χ0) is 12.5. The molecular formula is C15H17NOS. The lowest BCUT2D eigenvalue weighted by Gasteiger charge is -2.26. The fourth-order valence-corrected chi connectivity index (χ4v) is 3.03. The summed E-state index contributed by atoms with van der Waals surface area (Å²) in [7, 11) is 0. The minimum absolute atomic E-state index is 0.588. The number of nitrogens with zero attached hydrogens (tertiary/aromatic N) is 1. The van der Waals surface area contributed by atoms with Gasteiger partial charge in [0.15, 0.2) is 0 Å². The minimum atomic E-state index is -0.588. The summed E-state index contributed by atoms with van der Waals surface area (Å²) in [5.41, 5.74) is 3.10. The van der Waals surface area contributed by atoms with E-state index in [4.69, 9.17) is 0 Å². The van der Waals surface area contributed by atoms with E-state index in [0.29, 0.717) is 5.92 Å². The Bertz CT molecular complexity index is 545. The molecule has 1 aliphatic rings. The smallest absolute Gasteiger partial charge is 0.122 e. The van der Waals surface area contributed by atoms with Crippen molar-refractivity contribution in [3.8, 4) is 0 Å². The highest BCUT2D eigenvalue weighted by Crippen LogP contribution is 2.37. The highest BCUT2D eigenvalue weighted by molar-refractivity contribution is 7.09. The molecule has 1 unspecified atom stereocenters. The van der Waals surface area contributed by atoms with Crippen LogP contribution in [0.15, 0.2) is 29.6 Å². The van der Waals surface area contributed by atoms with Crippen LogP contribution in [-0.4, -0.2) is 10.1 Å². The molecule has 0 spiro atoms. The second kappa shape index (κ2) is 4.82. The first-order valence-electron chi connectivity index (χ1n) is 6.44. The van der Waals surface area contributed by atoms with E-state index >= 15 is 0 Å². The van der Waals surface area contributed by atoms with Crippen molar-refractivity contribution in [1.29, 1.82) is 0 Å². The molecule has 1 saturated carbocycles. The Morgan fingerprint density at radius 3 is 2.83 bits per heavy atom. The number of aromatic nitrogens is 1. The predicted octanol–water partition coefficient (Wildman–Crippen LogP) is 3.80. The number of aliphatic hydroxyl groups excluding tert-OH is 1. The summed E-state index contributed by atoms with van der Waals surface area (Å²) in [4.78, 5) is 4.36. The lowest BCUT2D eigenvalue weighted by Crippen LogP contribution is -2.09. The molecule has 2 aromatic rings. The lowest BCUT2D eigenvalue weighted by molar-refractivity contribution is 0.215. The molecule has 3 heteroatoms. The molecule has 94 valence electrons. The number of thiazole rings is 1. The second-order valence-electron chi connectivity index (χ2n) is 4.99. The van der Waals surface area contributed by atoms with Crippen molar-refractivity contribution in [2.75, 3.05) is 0 Å². The van der Waals surface area contributed by atoms with Gasteiger partial charge in [0.25, 0.3) is 0 Å². The van der Waals surface area contributed by atoms with Gasteiger partial charge in [-0.1, -0.05) is 30.7 Å². The number of rotatable bonds is 3. The van der Waals surface area contributed by atoms with Crippen LogP contribution in [0.4, 0.5) is 0 Å². The third kappa shape index (κ3) is 2.20. The molecule has 1 fully saturated rings. The summed E-state index contributed by atoms with van der Waals surface area (Å²) in [5, 5.41) is 13.3. The highest BCUT2D eigenvalue weighted by atomic mass is 32.1. The van der Waals surface area contributed by atoms with E-state index in [9.17, 15) is 5.11 Å². The van der Waals surface area contributed by atoms with E-state index in [1.165, 1.54) is 24.8 Å². The second-order valence-corrected chi connectivity index (χ2v) is 6.05. The Hall–Kier alpha value is -1.19. The van der Waals surface area contributed by atoms with Gasteiger partial charge in [0, 0.05) is 5.38 Å². The van der Waals surface area contributed by atoms with Crippen molar-refractivity contribution < 1.29 is 5.11 Å². The highest BCUT2D eigenvalue weighted by Gasteiger charge is 2.21. The Labute approximate surface area is 111 Å². The summed E-state index contributed by atoms with van der Waals surface area (Å²) in [6.07, 6.45) is 3.32. The maximum atomic E-state index is 10.3. The molecular weight excluding hydrogens is 242 g/mol. The molecule has 1 aromatic carbocycles. The minimum Gasteiger partial charge on any atom is -0.382 e. The van der Waals surface area contributed by atoms with E-state index in [1.54, 1.807) is 11.3 Å². The number of benzene rings is 1. The van der Waals surface area contributed by atoms with Gasteiger partial charge in [-0.3, -0.25) is 0 Å². The van der Waals surface area contributed by atoms with Gasteiger partial charge in [-0.05, 0) is 36.8 Å². The molecule has 3 rings (SSSR count). The molecule has 2 nitrogen and oxygen atoms in total. The first-order valence-corrected chi connectivity index (χ1v) is 7.32. The van der Waals surface area contributed by atoms with Gasteiger partial charge in [0.2, 0.25) is 0 Å². The molecule has 0 amide bonds. The van der Waals surface area contributed by atoms with E-state index in [-0.39, 0.29) is 0 Å². The molecule has 1 heterocycles. The molecule has 1 aromatic heterocycles. The average molecular weight is 259 g/mol. The van der Waals surface area contributed by atoms with Gasteiger partial charge in [0.05, 0.1) is 10.7 Å². The van der Waals surface area contributed by atoms with Gasteiger partial charge in [-0.15, -0.1) is 11.3 Å². The van der Waals surface area contributed by atoms with Gasteiger partial charge in [-0.25, -0.2) is 4.98 Å². The zero-order valence-corrected chi connectivity index (χ0v) is 11.3. The van der Waals surface area contributed by atoms with Crippen LogP contribution >= 0.6 is 11.3 Å². The Kier molecular flexibility index (Phi) is 3.18. The van der Waals surface area contributed by atoms with E-state index < -0.39 is 6.10 Å². The Morgan fingerprint density at radius 1 is 1.39 bits per heavy atom. The molecule has 0 radical (unpaired) electrons. The third-order valence-electron chi connectivity index (χ3n) is 3.72. The molecule has 0 saturated heterocycles. The van der Waals surface area contributed by atoms with Gasteiger partial charge < -0.3 is 5.11 Å². The molecule has 0 bridgehead atoms. The van der Waals surface area contributed by atoms with Crippen LogP contribution in [0.2, 0.25) is 0 Å². The van der Waals surface area contributed by atoms with Gasteiger partial charge in [0.1, 0.15) is 6.10 Å². The summed E-state index contributed by atoms with van der Waals surface area (Å²) < 4.78 is 0. The SMILES string of the molecule is Cc1nc(C(O)c2cccc(C3CCC3)c2)cs1. The van der Waals surface area contributed by atoms with Crippen molar-refractivity contribution in [3.63, 3.8) is 0 Å². The van der Waals surface area contributed by atoms with Gasteiger partial charge in [-0.2, -0.15) is 0 Å². The van der Waals surface area contributed by atoms with Gasteiger partial charge >= 0.3 is 0 Å². The Morgan fingerprint density at radius 2 is 2.22 bits per heavy atom. The van der Waals surface area contributed by atoms with Crippen LogP contribution in [0.5, 0.6) is 0 Å². The molecule has 0 aliphatic heterocycles. The normalized spacial score (nSPS) is 17.4. The largest absolute Gasteiger partial charge is 0.382 e. The van der Waals surface area contributed by atoms with Crippen molar-refractivity contribution in [3.05, 3.63) is 51.5 Å². The average Bonchev–Trinajstić information content (AvgIpc) is 2.73. The van der Waals surface area contributed by atoms with Crippen molar-refractivity contribution >= 4 is 11.3 Å². The fourth-order valence-electron chi connectivity index (χ4n) is 2.40. The van der Waals surface area contributed by atoms with Crippen LogP contribution < -0.4 is 0 Å². The number of hydrogen-bond donors (Lipinski definition) is 1. The molecule has 18 heavy (non-hydrogen) atoms. The third-order valence-corrected chi connectivity index (χ3v) is 4.51. The Balaban J connectivity index is 1.86. The van der Waals surface area contributed by atoms with E-state index in [0.717, 1.165) is 16.3 Å². The monoisotopic (exact) mass is 259 g/mol. The van der Waals surface area contributed by atoms with Crippen LogP contribution in [0.1, 0.15) is 53.1 Å². The maximum Gasteiger partial charge on any atom is 0.122 e. The summed E-state index contributed by atoms with van der Waals surface area (Å²) in [6.45, 7) is 1.96. The summed E-state index contributed by atoms with van der Waals surface area (Å²) in [5.74, 6) is 0.703. The maximum absolute atomic E-state index is 10.3. The van der Waals surface area contributed by atoms with Crippen LogP contribution in [-0.2, 0) is 0 Å². The van der Waals surface area contributed by atoms with Crippen LogP contribution in [0, 0.1) is 6.92 Å². The summed E-state index contributed by atoms with van der Waals surface area (Å²) >= 11 is 1.58. The lowest BCUT2D eigenvalue weighted by atomic mass is 9.79. The van der Waals surface area contributed by atoms with E-state index in [1.807, 2.05) is 24.4 Å². The van der Waals surface area contributed by atoms with Crippen molar-refractivity contribution in [1.82, 2.24) is 4.98 Å². The first-order chi connectivity index (χ1) is 8.74. The van der Waals surface area contributed by atoms with E-state index in [2.05, 4.69) is 17.1 Å².